The fourth-order valence-corrected chi connectivity index (χ4v) is 3.15. The molecule has 0 saturated carbocycles. The van der Waals surface area contributed by atoms with E-state index < -0.39 is 0 Å². The number of halogens is 1. The molecule has 0 aromatic heterocycles. The normalized spacial score (nSPS) is 15.5. The molecule has 0 bridgehead atoms. The molecule has 1 atom stereocenters. The number of benzene rings is 2. The molecule has 3 rings (SSSR count). The smallest absolute Gasteiger partial charge is 0.252 e. The average Bonchev–Trinajstić information content (AvgIpc) is 2.67. The summed E-state index contributed by atoms with van der Waals surface area (Å²) in [6.07, 6.45) is 0.656. The lowest BCUT2D eigenvalue weighted by Gasteiger charge is -2.27. The lowest BCUT2D eigenvalue weighted by atomic mass is 10.00. The van der Waals surface area contributed by atoms with Crippen molar-refractivity contribution >= 4 is 17.5 Å². The fraction of sp³-hybridized carbons (Fsp3) is 0.316. The first-order chi connectivity index (χ1) is 12.6. The van der Waals surface area contributed by atoms with Gasteiger partial charge in [-0.25, -0.2) is 0 Å². The van der Waals surface area contributed by atoms with Crippen molar-refractivity contribution in [3.05, 3.63) is 46.5 Å². The summed E-state index contributed by atoms with van der Waals surface area (Å²) in [7, 11) is 4.54. The second kappa shape index (κ2) is 7.74. The van der Waals surface area contributed by atoms with Gasteiger partial charge in [-0.1, -0.05) is 11.6 Å². The molecule has 1 unspecified atom stereocenters. The Kier molecular flexibility index (Phi) is 5.42. The molecule has 6 nitrogen and oxygen atoms in total. The molecule has 1 heterocycles. The molecule has 0 spiro atoms. The number of methoxy groups -OCH3 is 3. The van der Waals surface area contributed by atoms with Gasteiger partial charge in [0.25, 0.3) is 5.91 Å². The number of nitrogens with one attached hydrogen (secondary N) is 1. The Morgan fingerprint density at radius 1 is 1.12 bits per heavy atom. The number of rotatable bonds is 5. The molecule has 0 aliphatic carbocycles. The van der Waals surface area contributed by atoms with Gasteiger partial charge in [-0.3, -0.25) is 4.79 Å². The molecule has 0 saturated heterocycles. The van der Waals surface area contributed by atoms with E-state index in [9.17, 15) is 4.79 Å². The van der Waals surface area contributed by atoms with Crippen molar-refractivity contribution in [2.45, 2.75) is 12.5 Å². The lowest BCUT2D eigenvalue weighted by molar-refractivity contribution is 0.0924. The second-order valence-corrected chi connectivity index (χ2v) is 6.20. The van der Waals surface area contributed by atoms with Crippen LogP contribution < -0.4 is 24.3 Å². The lowest BCUT2D eigenvalue weighted by Crippen LogP contribution is -2.32. The summed E-state index contributed by atoms with van der Waals surface area (Å²) in [5.41, 5.74) is 1.28. The van der Waals surface area contributed by atoms with Crippen molar-refractivity contribution in [1.29, 1.82) is 0 Å². The molecule has 26 heavy (non-hydrogen) atoms. The van der Waals surface area contributed by atoms with Crippen molar-refractivity contribution in [2.75, 3.05) is 27.9 Å². The highest BCUT2D eigenvalue weighted by molar-refractivity contribution is 6.30. The van der Waals surface area contributed by atoms with Gasteiger partial charge in [0, 0.05) is 22.6 Å². The highest BCUT2D eigenvalue weighted by Crippen LogP contribution is 2.39. The van der Waals surface area contributed by atoms with E-state index in [1.807, 2.05) is 12.1 Å². The van der Waals surface area contributed by atoms with Crippen molar-refractivity contribution in [1.82, 2.24) is 5.32 Å². The minimum atomic E-state index is -0.248. The van der Waals surface area contributed by atoms with E-state index in [0.717, 1.165) is 11.3 Å². The van der Waals surface area contributed by atoms with Crippen LogP contribution in [0.2, 0.25) is 5.02 Å². The highest BCUT2D eigenvalue weighted by Gasteiger charge is 2.25. The molecule has 2 aromatic rings. The van der Waals surface area contributed by atoms with Crippen LogP contribution in [0.15, 0.2) is 30.3 Å². The molecule has 1 amide bonds. The highest BCUT2D eigenvalue weighted by atomic mass is 35.5. The van der Waals surface area contributed by atoms with E-state index in [1.165, 1.54) is 21.3 Å². The Labute approximate surface area is 157 Å². The first kappa shape index (κ1) is 18.2. The molecular formula is C19H20ClNO5. The molecule has 1 aliphatic rings. The van der Waals surface area contributed by atoms with E-state index in [2.05, 4.69) is 5.32 Å². The number of hydrogen-bond acceptors (Lipinski definition) is 5. The maximum absolute atomic E-state index is 12.8. The number of hydrogen-bond donors (Lipinski definition) is 1. The Morgan fingerprint density at radius 3 is 2.42 bits per heavy atom. The Hall–Kier alpha value is -2.60. The van der Waals surface area contributed by atoms with Crippen LogP contribution in [0, 0.1) is 0 Å². The molecule has 1 aliphatic heterocycles. The fourth-order valence-electron chi connectivity index (χ4n) is 2.97. The van der Waals surface area contributed by atoms with E-state index in [0.29, 0.717) is 40.9 Å². The third-order valence-corrected chi connectivity index (χ3v) is 4.48. The largest absolute Gasteiger partial charge is 0.493 e. The Morgan fingerprint density at radius 2 is 1.81 bits per heavy atom. The minimum absolute atomic E-state index is 0.191. The van der Waals surface area contributed by atoms with Crippen molar-refractivity contribution in [2.24, 2.45) is 0 Å². The van der Waals surface area contributed by atoms with Crippen LogP contribution in [-0.2, 0) is 0 Å². The summed E-state index contributed by atoms with van der Waals surface area (Å²) in [5, 5.41) is 3.63. The van der Waals surface area contributed by atoms with Gasteiger partial charge in [-0.15, -0.1) is 0 Å². The maximum atomic E-state index is 12.8. The molecule has 7 heteroatoms. The molecule has 1 N–H and O–H groups in total. The number of amides is 1. The number of ether oxygens (including phenoxy) is 4. The minimum Gasteiger partial charge on any atom is -0.493 e. The van der Waals surface area contributed by atoms with E-state index in [-0.39, 0.29) is 11.9 Å². The third-order valence-electron chi connectivity index (χ3n) is 4.24. The summed E-state index contributed by atoms with van der Waals surface area (Å²) in [6.45, 7) is 0.523. The second-order valence-electron chi connectivity index (χ2n) is 5.76. The maximum Gasteiger partial charge on any atom is 0.252 e. The van der Waals surface area contributed by atoms with Crippen LogP contribution in [0.25, 0.3) is 0 Å². The molecule has 0 radical (unpaired) electrons. The molecule has 0 fully saturated rings. The van der Waals surface area contributed by atoms with E-state index >= 15 is 0 Å². The van der Waals surface area contributed by atoms with Crippen LogP contribution in [-0.4, -0.2) is 33.8 Å². The van der Waals surface area contributed by atoms with Gasteiger partial charge in [-0.05, 0) is 30.3 Å². The zero-order valence-electron chi connectivity index (χ0n) is 14.8. The van der Waals surface area contributed by atoms with Gasteiger partial charge in [0.05, 0.1) is 34.0 Å². The summed E-state index contributed by atoms with van der Waals surface area (Å²) in [5.74, 6) is 1.77. The van der Waals surface area contributed by atoms with E-state index in [4.69, 9.17) is 30.5 Å². The zero-order chi connectivity index (χ0) is 18.7. The molecule has 138 valence electrons. The van der Waals surface area contributed by atoms with Crippen LogP contribution in [0.5, 0.6) is 23.0 Å². The van der Waals surface area contributed by atoms with Gasteiger partial charge in [0.1, 0.15) is 5.75 Å². The van der Waals surface area contributed by atoms with Crippen LogP contribution in [0.1, 0.15) is 28.4 Å². The molecule has 2 aromatic carbocycles. The molecular weight excluding hydrogens is 358 g/mol. The summed E-state index contributed by atoms with van der Waals surface area (Å²) < 4.78 is 21.5. The monoisotopic (exact) mass is 377 g/mol. The Balaban J connectivity index is 1.89. The quantitative estimate of drug-likeness (QED) is 0.862. The third kappa shape index (κ3) is 3.51. The van der Waals surface area contributed by atoms with Crippen LogP contribution in [0.4, 0.5) is 0 Å². The van der Waals surface area contributed by atoms with Crippen molar-refractivity contribution in [3.63, 3.8) is 0 Å². The first-order valence-electron chi connectivity index (χ1n) is 8.10. The zero-order valence-corrected chi connectivity index (χ0v) is 15.6. The predicted octanol–water partition coefficient (Wildman–Crippen LogP) is 3.62. The summed E-state index contributed by atoms with van der Waals surface area (Å²) >= 11 is 6.09. The predicted molar refractivity (Wildman–Crippen MR) is 97.9 cm³/mol. The Bertz CT molecular complexity index is 799. The topological polar surface area (TPSA) is 66.0 Å². The number of carbonyl (C=O) groups excluding carboxylic acids is 1. The first-order valence-corrected chi connectivity index (χ1v) is 8.48. The van der Waals surface area contributed by atoms with Gasteiger partial charge < -0.3 is 24.3 Å². The number of fused-ring (bicyclic) bond motifs is 1. The summed E-state index contributed by atoms with van der Waals surface area (Å²) in [4.78, 5) is 12.8. The standard InChI is InChI=1S/C19H20ClNO5/c1-23-16-8-11(9-17(24-2)18(16)25-3)19(22)21-14-6-7-26-15-5-4-12(20)10-13(14)15/h4-5,8-10,14H,6-7H2,1-3H3,(H,21,22). The average molecular weight is 378 g/mol. The van der Waals surface area contributed by atoms with Gasteiger partial charge in [-0.2, -0.15) is 0 Å². The summed E-state index contributed by atoms with van der Waals surface area (Å²) in [6, 6.07) is 8.45. The van der Waals surface area contributed by atoms with E-state index in [1.54, 1.807) is 18.2 Å². The van der Waals surface area contributed by atoms with Crippen molar-refractivity contribution < 1.29 is 23.7 Å². The van der Waals surface area contributed by atoms with Gasteiger partial charge in [0.2, 0.25) is 5.75 Å². The van der Waals surface area contributed by atoms with Gasteiger partial charge in [0.15, 0.2) is 11.5 Å². The SMILES string of the molecule is COc1cc(C(=O)NC2CCOc3ccc(Cl)cc32)cc(OC)c1OC. The van der Waals surface area contributed by atoms with Crippen molar-refractivity contribution in [3.8, 4) is 23.0 Å². The number of carbonyl (C=O) groups is 1. The van der Waals surface area contributed by atoms with Gasteiger partial charge >= 0.3 is 0 Å². The van der Waals surface area contributed by atoms with Crippen LogP contribution >= 0.6 is 11.6 Å². The van der Waals surface area contributed by atoms with Crippen LogP contribution in [0.3, 0.4) is 0 Å².